The van der Waals surface area contributed by atoms with Crippen LogP contribution in [0.25, 0.3) is 16.8 Å². The van der Waals surface area contributed by atoms with Crippen LogP contribution in [0.2, 0.25) is 0 Å². The van der Waals surface area contributed by atoms with Crippen LogP contribution in [0.1, 0.15) is 17.8 Å². The molecule has 34 heavy (non-hydrogen) atoms. The van der Waals surface area contributed by atoms with Crippen molar-refractivity contribution in [3.63, 3.8) is 0 Å². The van der Waals surface area contributed by atoms with E-state index in [0.717, 1.165) is 23.4 Å². The fourth-order valence-corrected chi connectivity index (χ4v) is 6.73. The minimum Gasteiger partial charge on any atom is -0.510 e. The maximum absolute atomic E-state index is 12.5. The maximum atomic E-state index is 12.5. The monoisotopic (exact) mass is 496 g/mol. The molecular weight excluding hydrogens is 472 g/mol. The third-order valence-corrected chi connectivity index (χ3v) is 8.72. The number of hydrogen-bond acceptors (Lipinski definition) is 7. The summed E-state index contributed by atoms with van der Waals surface area (Å²) in [7, 11) is -1.72. The van der Waals surface area contributed by atoms with Crippen molar-refractivity contribution in [2.45, 2.75) is 12.8 Å². The average molecular weight is 497 g/mol. The molecule has 2 aliphatic heterocycles. The van der Waals surface area contributed by atoms with E-state index in [1.54, 1.807) is 30.2 Å². The molecule has 1 fully saturated rings. The molecule has 1 saturated heterocycles. The predicted octanol–water partition coefficient (Wildman–Crippen LogP) is 4.52. The van der Waals surface area contributed by atoms with Gasteiger partial charge >= 0.3 is 0 Å². The van der Waals surface area contributed by atoms with Gasteiger partial charge in [-0.1, -0.05) is 6.07 Å². The van der Waals surface area contributed by atoms with Crippen LogP contribution >= 0.6 is 11.3 Å². The molecular formula is C24H24N4O4S2. The highest BCUT2D eigenvalue weighted by molar-refractivity contribution is 7.92. The van der Waals surface area contributed by atoms with Gasteiger partial charge in [0.25, 0.3) is 0 Å². The van der Waals surface area contributed by atoms with Crippen LogP contribution in [-0.2, 0) is 10.0 Å². The maximum Gasteiger partial charge on any atom is 0.235 e. The van der Waals surface area contributed by atoms with Crippen LogP contribution in [0.3, 0.4) is 0 Å². The number of nitrogens with one attached hydrogen (secondary N) is 1. The molecule has 0 unspecified atom stereocenters. The van der Waals surface area contributed by atoms with Crippen LogP contribution in [0, 0.1) is 5.41 Å². The van der Waals surface area contributed by atoms with Gasteiger partial charge in [-0.05, 0) is 55.3 Å². The number of aromatic nitrogens is 1. The van der Waals surface area contributed by atoms with Gasteiger partial charge in [0.05, 0.1) is 36.4 Å². The summed E-state index contributed by atoms with van der Waals surface area (Å²) in [6.45, 7) is 0.576. The first-order chi connectivity index (χ1) is 16.4. The molecule has 0 aliphatic carbocycles. The van der Waals surface area contributed by atoms with Crippen molar-refractivity contribution >= 4 is 44.1 Å². The Morgan fingerprint density at radius 2 is 1.88 bits per heavy atom. The molecule has 176 valence electrons. The third-order valence-electron chi connectivity index (χ3n) is 5.99. The van der Waals surface area contributed by atoms with Crippen LogP contribution in [-0.4, -0.2) is 50.3 Å². The van der Waals surface area contributed by atoms with Crippen molar-refractivity contribution in [3.8, 4) is 17.0 Å². The van der Waals surface area contributed by atoms with Crippen molar-refractivity contribution in [1.29, 1.82) is 5.41 Å². The van der Waals surface area contributed by atoms with E-state index >= 15 is 0 Å². The van der Waals surface area contributed by atoms with Crippen LogP contribution in [0.15, 0.2) is 59.7 Å². The number of thiazole rings is 1. The fourth-order valence-electron chi connectivity index (χ4n) is 4.20. The van der Waals surface area contributed by atoms with Gasteiger partial charge in [-0.15, -0.1) is 11.3 Å². The molecule has 3 aromatic rings. The number of amidine groups is 1. The van der Waals surface area contributed by atoms with Crippen molar-refractivity contribution < 1.29 is 18.3 Å². The molecule has 2 aromatic carbocycles. The predicted molar refractivity (Wildman–Crippen MR) is 136 cm³/mol. The number of aliphatic hydroxyl groups is 1. The topological polar surface area (TPSA) is 107 Å². The molecule has 0 bridgehead atoms. The number of methoxy groups -OCH3 is 1. The number of benzene rings is 2. The van der Waals surface area contributed by atoms with Crippen molar-refractivity contribution in [1.82, 2.24) is 4.98 Å². The number of anilines is 2. The minimum absolute atomic E-state index is 0.0663. The lowest BCUT2D eigenvalue weighted by atomic mass is 10.1. The largest absolute Gasteiger partial charge is 0.510 e. The molecule has 3 heterocycles. The summed E-state index contributed by atoms with van der Waals surface area (Å²) in [5, 5.41) is 21.9. The molecule has 2 N–H and O–H groups in total. The van der Waals surface area contributed by atoms with Gasteiger partial charge in [0.1, 0.15) is 22.4 Å². The lowest BCUT2D eigenvalue weighted by Crippen LogP contribution is -2.38. The molecule has 0 atom stereocenters. The first-order valence-electron chi connectivity index (χ1n) is 10.9. The summed E-state index contributed by atoms with van der Waals surface area (Å²) < 4.78 is 31.7. The summed E-state index contributed by atoms with van der Waals surface area (Å²) in [6.07, 6.45) is 1.48. The van der Waals surface area contributed by atoms with Gasteiger partial charge < -0.3 is 14.7 Å². The van der Waals surface area contributed by atoms with Crippen molar-refractivity contribution in [3.05, 3.63) is 64.7 Å². The van der Waals surface area contributed by atoms with Gasteiger partial charge in [-0.3, -0.25) is 9.71 Å². The molecule has 10 heteroatoms. The van der Waals surface area contributed by atoms with Gasteiger partial charge in [0, 0.05) is 23.2 Å². The lowest BCUT2D eigenvalue weighted by Gasteiger charge is -2.29. The smallest absolute Gasteiger partial charge is 0.235 e. The van der Waals surface area contributed by atoms with E-state index in [1.807, 2.05) is 35.7 Å². The highest BCUT2D eigenvalue weighted by atomic mass is 32.2. The number of ether oxygens (including phenoxy) is 1. The average Bonchev–Trinajstić information content (AvgIpc) is 3.43. The number of hydrogen-bond donors (Lipinski definition) is 2. The fraction of sp³-hybridized carbons (Fsp3) is 0.250. The number of sulfonamides is 1. The van der Waals surface area contributed by atoms with E-state index in [4.69, 9.17) is 10.1 Å². The molecule has 8 nitrogen and oxygen atoms in total. The molecule has 0 spiro atoms. The number of aliphatic hydroxyl groups excluding tert-OH is 1. The van der Waals surface area contributed by atoms with E-state index in [0.29, 0.717) is 34.9 Å². The summed E-state index contributed by atoms with van der Waals surface area (Å²) >= 11 is 1.37. The van der Waals surface area contributed by atoms with Crippen LogP contribution in [0.4, 0.5) is 11.4 Å². The van der Waals surface area contributed by atoms with Gasteiger partial charge in [-0.2, -0.15) is 0 Å². The molecule has 0 radical (unpaired) electrons. The highest BCUT2D eigenvalue weighted by Gasteiger charge is 2.32. The van der Waals surface area contributed by atoms with E-state index in [2.05, 4.69) is 4.98 Å². The number of nitrogens with zero attached hydrogens (tertiary/aromatic N) is 3. The van der Waals surface area contributed by atoms with Crippen molar-refractivity contribution in [2.24, 2.45) is 0 Å². The Morgan fingerprint density at radius 1 is 1.12 bits per heavy atom. The zero-order valence-electron chi connectivity index (χ0n) is 18.6. The first kappa shape index (κ1) is 22.4. The summed E-state index contributed by atoms with van der Waals surface area (Å²) in [5.74, 6) is 1.10. The van der Waals surface area contributed by atoms with Crippen LogP contribution in [0.5, 0.6) is 5.75 Å². The second-order valence-electron chi connectivity index (χ2n) is 8.14. The zero-order chi connectivity index (χ0) is 23.9. The Balaban J connectivity index is 1.40. The standard InChI is InChI=1S/C24H24N4O4S2/c1-32-19-9-7-16(8-10-19)20-15-33-24(26-20)22-21(29)14-27(23(22)25)17-5-4-6-18(13-17)28-11-2-3-12-34(28,30)31/h4-10,13,15,25,29H,2-3,11-12,14H2,1H3. The molecule has 0 saturated carbocycles. The molecule has 0 amide bonds. The third kappa shape index (κ3) is 4.03. The second-order valence-corrected chi connectivity index (χ2v) is 11.0. The Bertz CT molecular complexity index is 1380. The van der Waals surface area contributed by atoms with Gasteiger partial charge in [-0.25, -0.2) is 13.4 Å². The lowest BCUT2D eigenvalue weighted by molar-refractivity contribution is 0.411. The first-order valence-corrected chi connectivity index (χ1v) is 13.4. The molecule has 2 aliphatic rings. The Morgan fingerprint density at radius 3 is 2.62 bits per heavy atom. The SMILES string of the molecule is COc1ccc(-c2csc(C3=C(O)CN(c4cccc(N5CCCCS5(=O)=O)c4)C3=N)n2)cc1. The Labute approximate surface area is 202 Å². The zero-order valence-corrected chi connectivity index (χ0v) is 20.2. The normalized spacial score (nSPS) is 18.0. The number of rotatable bonds is 5. The quantitative estimate of drug-likeness (QED) is 0.538. The summed E-state index contributed by atoms with van der Waals surface area (Å²) in [5.41, 5.74) is 3.29. The minimum atomic E-state index is -3.34. The van der Waals surface area contributed by atoms with Crippen molar-refractivity contribution in [2.75, 3.05) is 35.2 Å². The van der Waals surface area contributed by atoms with E-state index < -0.39 is 10.0 Å². The second kappa shape index (κ2) is 8.77. The van der Waals surface area contributed by atoms with E-state index in [9.17, 15) is 13.5 Å². The van der Waals surface area contributed by atoms with Gasteiger partial charge in [0.15, 0.2) is 0 Å². The van der Waals surface area contributed by atoms with E-state index in [1.165, 1.54) is 15.6 Å². The van der Waals surface area contributed by atoms with Gasteiger partial charge in [0.2, 0.25) is 10.0 Å². The molecule has 5 rings (SSSR count). The summed E-state index contributed by atoms with van der Waals surface area (Å²) in [6, 6.07) is 14.7. The summed E-state index contributed by atoms with van der Waals surface area (Å²) in [4.78, 5) is 6.33. The highest BCUT2D eigenvalue weighted by Crippen LogP contribution is 2.36. The molecule has 1 aromatic heterocycles. The Hall–Kier alpha value is -3.37. The van der Waals surface area contributed by atoms with E-state index in [-0.39, 0.29) is 23.9 Å². The Kier molecular flexibility index (Phi) is 5.78. The van der Waals surface area contributed by atoms with Crippen LogP contribution < -0.4 is 13.9 Å².